The quantitative estimate of drug-likeness (QED) is 0.929. The molecule has 5 heteroatoms. The van der Waals surface area contributed by atoms with E-state index in [4.69, 9.17) is 0 Å². The van der Waals surface area contributed by atoms with Gasteiger partial charge in [-0.1, -0.05) is 19.9 Å². The predicted octanol–water partition coefficient (Wildman–Crippen LogP) is 2.59. The van der Waals surface area contributed by atoms with E-state index in [1.165, 1.54) is 18.2 Å². The van der Waals surface area contributed by atoms with Crippen molar-refractivity contribution >= 4 is 11.8 Å². The molecule has 0 aromatic heterocycles. The number of carbonyl (C=O) groups is 2. The highest BCUT2D eigenvalue weighted by atomic mass is 19.1. The largest absolute Gasteiger partial charge is 0.341 e. The van der Waals surface area contributed by atoms with Gasteiger partial charge in [0.25, 0.3) is 5.91 Å². The van der Waals surface area contributed by atoms with Crippen LogP contribution in [-0.4, -0.2) is 35.8 Å². The van der Waals surface area contributed by atoms with Crippen LogP contribution in [0.15, 0.2) is 24.3 Å². The topological polar surface area (TPSA) is 49.4 Å². The molecule has 1 heterocycles. The molecule has 1 aliphatic rings. The number of nitrogens with zero attached hydrogens (tertiary/aromatic N) is 1. The standard InChI is InChI=1S/C17H23FN2O2/c1-12(2)15(17(22)20-9-4-3-5-10-20)19-16(21)13-7-6-8-14(18)11-13/h6-8,11-12,15H,3-5,9-10H2,1-2H3,(H,19,21)/t15-/m1/s1. The Bertz CT molecular complexity index is 539. The van der Waals surface area contributed by atoms with E-state index in [0.29, 0.717) is 0 Å². The molecule has 0 saturated carbocycles. The summed E-state index contributed by atoms with van der Waals surface area (Å²) < 4.78 is 13.2. The van der Waals surface area contributed by atoms with Crippen molar-refractivity contribution < 1.29 is 14.0 Å². The average Bonchev–Trinajstić information content (AvgIpc) is 2.52. The molecule has 4 nitrogen and oxygen atoms in total. The monoisotopic (exact) mass is 306 g/mol. The summed E-state index contributed by atoms with van der Waals surface area (Å²) in [6.07, 6.45) is 3.16. The van der Waals surface area contributed by atoms with Gasteiger partial charge in [-0.25, -0.2) is 4.39 Å². The normalized spacial score (nSPS) is 16.5. The van der Waals surface area contributed by atoms with E-state index in [1.54, 1.807) is 6.07 Å². The summed E-state index contributed by atoms with van der Waals surface area (Å²) in [7, 11) is 0. The molecule has 1 aromatic rings. The third-order valence-corrected chi connectivity index (χ3v) is 3.97. The zero-order valence-corrected chi connectivity index (χ0v) is 13.1. The first-order chi connectivity index (χ1) is 10.5. The maximum Gasteiger partial charge on any atom is 0.252 e. The zero-order chi connectivity index (χ0) is 16.1. The number of benzene rings is 1. The molecule has 1 atom stereocenters. The van der Waals surface area contributed by atoms with Crippen LogP contribution in [0.2, 0.25) is 0 Å². The molecule has 0 spiro atoms. The minimum atomic E-state index is -0.575. The highest BCUT2D eigenvalue weighted by Gasteiger charge is 2.29. The molecular weight excluding hydrogens is 283 g/mol. The van der Waals surface area contributed by atoms with Gasteiger partial charge >= 0.3 is 0 Å². The van der Waals surface area contributed by atoms with Crippen LogP contribution in [0.25, 0.3) is 0 Å². The molecule has 1 aliphatic heterocycles. The van der Waals surface area contributed by atoms with E-state index in [9.17, 15) is 14.0 Å². The van der Waals surface area contributed by atoms with E-state index in [2.05, 4.69) is 5.32 Å². The Morgan fingerprint density at radius 2 is 1.86 bits per heavy atom. The van der Waals surface area contributed by atoms with Crippen molar-refractivity contribution in [3.8, 4) is 0 Å². The Balaban J connectivity index is 2.08. The molecule has 0 bridgehead atoms. The van der Waals surface area contributed by atoms with E-state index in [1.807, 2.05) is 18.7 Å². The van der Waals surface area contributed by atoms with Crippen LogP contribution in [0.5, 0.6) is 0 Å². The second-order valence-electron chi connectivity index (χ2n) is 6.09. The summed E-state index contributed by atoms with van der Waals surface area (Å²) in [5.41, 5.74) is 0.233. The molecule has 1 fully saturated rings. The number of piperidine rings is 1. The molecule has 2 amide bonds. The van der Waals surface area contributed by atoms with Gasteiger partial charge in [-0.2, -0.15) is 0 Å². The first-order valence-corrected chi connectivity index (χ1v) is 7.84. The SMILES string of the molecule is CC(C)[C@@H](NC(=O)c1cccc(F)c1)C(=O)N1CCCCC1. The number of amides is 2. The lowest BCUT2D eigenvalue weighted by molar-refractivity contribution is -0.135. The van der Waals surface area contributed by atoms with Gasteiger partial charge in [0.1, 0.15) is 11.9 Å². The molecule has 0 radical (unpaired) electrons. The molecule has 120 valence electrons. The zero-order valence-electron chi connectivity index (χ0n) is 13.1. The van der Waals surface area contributed by atoms with Crippen LogP contribution in [0, 0.1) is 11.7 Å². The summed E-state index contributed by atoms with van der Waals surface area (Å²) >= 11 is 0. The summed E-state index contributed by atoms with van der Waals surface area (Å²) in [4.78, 5) is 26.7. The smallest absolute Gasteiger partial charge is 0.252 e. The fourth-order valence-corrected chi connectivity index (χ4v) is 2.68. The fraction of sp³-hybridized carbons (Fsp3) is 0.529. The average molecular weight is 306 g/mol. The molecule has 1 saturated heterocycles. The van der Waals surface area contributed by atoms with Crippen molar-refractivity contribution in [2.45, 2.75) is 39.2 Å². The van der Waals surface area contributed by atoms with E-state index in [-0.39, 0.29) is 17.4 Å². The van der Waals surface area contributed by atoms with Gasteiger partial charge in [0.2, 0.25) is 5.91 Å². The Kier molecular flexibility index (Phi) is 5.52. The number of nitrogens with one attached hydrogen (secondary N) is 1. The van der Waals surface area contributed by atoms with Gasteiger partial charge in [-0.05, 0) is 43.4 Å². The van der Waals surface area contributed by atoms with E-state index >= 15 is 0 Å². The second-order valence-corrected chi connectivity index (χ2v) is 6.09. The van der Waals surface area contributed by atoms with Gasteiger partial charge < -0.3 is 10.2 Å². The number of rotatable bonds is 4. The number of carbonyl (C=O) groups excluding carboxylic acids is 2. The van der Waals surface area contributed by atoms with Crippen molar-refractivity contribution in [2.24, 2.45) is 5.92 Å². The first kappa shape index (κ1) is 16.5. The Morgan fingerprint density at radius 3 is 2.45 bits per heavy atom. The molecular formula is C17H23FN2O2. The summed E-state index contributed by atoms with van der Waals surface area (Å²) in [5, 5.41) is 2.76. The van der Waals surface area contributed by atoms with Crippen molar-refractivity contribution in [3.05, 3.63) is 35.6 Å². The van der Waals surface area contributed by atoms with Crippen LogP contribution in [-0.2, 0) is 4.79 Å². The third-order valence-electron chi connectivity index (χ3n) is 3.97. The fourth-order valence-electron chi connectivity index (χ4n) is 2.68. The van der Waals surface area contributed by atoms with E-state index in [0.717, 1.165) is 32.4 Å². The molecule has 2 rings (SSSR count). The van der Waals surface area contributed by atoms with Crippen molar-refractivity contribution in [3.63, 3.8) is 0 Å². The van der Waals surface area contributed by atoms with Gasteiger partial charge in [-0.3, -0.25) is 9.59 Å². The van der Waals surface area contributed by atoms with Crippen molar-refractivity contribution in [1.82, 2.24) is 10.2 Å². The van der Waals surface area contributed by atoms with Crippen LogP contribution < -0.4 is 5.32 Å². The Hall–Kier alpha value is -1.91. The lowest BCUT2D eigenvalue weighted by Crippen LogP contribution is -2.52. The molecule has 22 heavy (non-hydrogen) atoms. The number of likely N-dealkylation sites (tertiary alicyclic amines) is 1. The van der Waals surface area contributed by atoms with Crippen molar-refractivity contribution in [1.29, 1.82) is 0 Å². The maximum atomic E-state index is 13.2. The van der Waals surface area contributed by atoms with Gasteiger partial charge in [0.05, 0.1) is 0 Å². The minimum absolute atomic E-state index is 0.0214. The van der Waals surface area contributed by atoms with Crippen LogP contribution >= 0.6 is 0 Å². The van der Waals surface area contributed by atoms with E-state index < -0.39 is 17.8 Å². The van der Waals surface area contributed by atoms with Crippen LogP contribution in [0.1, 0.15) is 43.5 Å². The van der Waals surface area contributed by atoms with Gasteiger partial charge in [0.15, 0.2) is 0 Å². The molecule has 1 N–H and O–H groups in total. The third kappa shape index (κ3) is 4.06. The minimum Gasteiger partial charge on any atom is -0.341 e. The van der Waals surface area contributed by atoms with Gasteiger partial charge in [-0.15, -0.1) is 0 Å². The van der Waals surface area contributed by atoms with Gasteiger partial charge in [0, 0.05) is 18.7 Å². The van der Waals surface area contributed by atoms with Crippen LogP contribution in [0.3, 0.4) is 0 Å². The second kappa shape index (κ2) is 7.38. The lowest BCUT2D eigenvalue weighted by atomic mass is 10.0. The lowest BCUT2D eigenvalue weighted by Gasteiger charge is -2.32. The molecule has 1 aromatic carbocycles. The number of hydrogen-bond donors (Lipinski definition) is 1. The number of hydrogen-bond acceptors (Lipinski definition) is 2. The Morgan fingerprint density at radius 1 is 1.18 bits per heavy atom. The molecule has 0 aliphatic carbocycles. The Labute approximate surface area is 130 Å². The first-order valence-electron chi connectivity index (χ1n) is 7.84. The summed E-state index contributed by atoms with van der Waals surface area (Å²) in [6.45, 7) is 5.30. The summed E-state index contributed by atoms with van der Waals surface area (Å²) in [6, 6.07) is 4.92. The maximum absolute atomic E-state index is 13.2. The predicted molar refractivity (Wildman–Crippen MR) is 82.9 cm³/mol. The van der Waals surface area contributed by atoms with Crippen LogP contribution in [0.4, 0.5) is 4.39 Å². The molecule has 0 unspecified atom stereocenters. The van der Waals surface area contributed by atoms with Crippen molar-refractivity contribution in [2.75, 3.05) is 13.1 Å². The number of halogens is 1. The highest BCUT2D eigenvalue weighted by Crippen LogP contribution is 2.14. The summed E-state index contributed by atoms with van der Waals surface area (Å²) in [5.74, 6) is -0.939. The highest BCUT2D eigenvalue weighted by molar-refractivity contribution is 5.97.